The zero-order chi connectivity index (χ0) is 16.2. The highest BCUT2D eigenvalue weighted by Crippen LogP contribution is 2.20. The van der Waals surface area contributed by atoms with Crippen molar-refractivity contribution in [2.45, 2.75) is 20.4 Å². The normalized spacial score (nSPS) is 10.5. The molecule has 116 valence electrons. The molecule has 1 amide bonds. The molecule has 0 aliphatic heterocycles. The van der Waals surface area contributed by atoms with E-state index in [1.54, 1.807) is 31.6 Å². The number of amides is 1. The second-order valence-corrected chi connectivity index (χ2v) is 5.26. The monoisotopic (exact) mass is 307 g/mol. The lowest BCUT2D eigenvalue weighted by Gasteiger charge is -2.09. The first-order chi connectivity index (χ1) is 11.1. The summed E-state index contributed by atoms with van der Waals surface area (Å²) >= 11 is 0. The summed E-state index contributed by atoms with van der Waals surface area (Å²) in [6, 6.07) is 9.36. The van der Waals surface area contributed by atoms with E-state index >= 15 is 0 Å². The molecule has 0 spiro atoms. The molecule has 0 saturated heterocycles. The van der Waals surface area contributed by atoms with Crippen LogP contribution >= 0.6 is 0 Å². The summed E-state index contributed by atoms with van der Waals surface area (Å²) in [7, 11) is 0. The molecule has 0 bridgehead atoms. The molecule has 0 aromatic carbocycles. The third kappa shape index (κ3) is 3.29. The van der Waals surface area contributed by atoms with Crippen LogP contribution in [0.15, 0.2) is 53.3 Å². The van der Waals surface area contributed by atoms with Crippen LogP contribution in [0.5, 0.6) is 0 Å². The number of carbonyl (C=O) groups excluding carboxylic acids is 1. The van der Waals surface area contributed by atoms with E-state index in [1.165, 1.54) is 0 Å². The first-order valence-electron chi connectivity index (χ1n) is 7.34. The lowest BCUT2D eigenvalue weighted by Crippen LogP contribution is -2.23. The number of aromatic nitrogens is 2. The smallest absolute Gasteiger partial charge is 0.255 e. The van der Waals surface area contributed by atoms with Gasteiger partial charge in [-0.15, -0.1) is 0 Å². The van der Waals surface area contributed by atoms with Crippen molar-refractivity contribution >= 4 is 5.91 Å². The summed E-state index contributed by atoms with van der Waals surface area (Å²) in [5.74, 6) is 1.20. The number of aryl methyl sites for hydroxylation is 2. The van der Waals surface area contributed by atoms with Crippen LogP contribution in [-0.2, 0) is 6.54 Å². The maximum atomic E-state index is 12.3. The second-order valence-electron chi connectivity index (χ2n) is 5.26. The lowest BCUT2D eigenvalue weighted by atomic mass is 10.1. The Morgan fingerprint density at radius 1 is 1.22 bits per heavy atom. The fourth-order valence-corrected chi connectivity index (χ4v) is 2.47. The molecule has 0 radical (unpaired) electrons. The molecule has 0 unspecified atom stereocenters. The van der Waals surface area contributed by atoms with Crippen molar-refractivity contribution in [3.8, 4) is 11.3 Å². The van der Waals surface area contributed by atoms with Gasteiger partial charge in [-0.05, 0) is 43.7 Å². The molecule has 3 rings (SSSR count). The van der Waals surface area contributed by atoms with E-state index in [2.05, 4.69) is 15.3 Å². The number of carbonyl (C=O) groups is 1. The topological polar surface area (TPSA) is 68.0 Å². The SMILES string of the molecule is Cc1cc(C(=O)NCc2cccnc2-c2cccnc2)c(C)o1. The van der Waals surface area contributed by atoms with Gasteiger partial charge in [0.2, 0.25) is 0 Å². The number of nitrogens with one attached hydrogen (secondary N) is 1. The highest BCUT2D eigenvalue weighted by atomic mass is 16.3. The quantitative estimate of drug-likeness (QED) is 0.803. The fraction of sp³-hybridized carbons (Fsp3) is 0.167. The minimum Gasteiger partial charge on any atom is -0.466 e. The minimum atomic E-state index is -0.152. The summed E-state index contributed by atoms with van der Waals surface area (Å²) in [5.41, 5.74) is 3.25. The molecular weight excluding hydrogens is 290 g/mol. The first kappa shape index (κ1) is 15.0. The molecule has 3 aromatic heterocycles. The third-order valence-corrected chi connectivity index (χ3v) is 3.55. The standard InChI is InChI=1S/C18H17N3O2/c1-12-9-16(13(2)23-12)18(22)21-11-15-6-4-8-20-17(15)14-5-3-7-19-10-14/h3-10H,11H2,1-2H3,(H,21,22). The van der Waals surface area contributed by atoms with E-state index in [4.69, 9.17) is 4.42 Å². The molecule has 0 atom stereocenters. The zero-order valence-corrected chi connectivity index (χ0v) is 13.0. The zero-order valence-electron chi connectivity index (χ0n) is 13.0. The van der Waals surface area contributed by atoms with Crippen molar-refractivity contribution in [3.63, 3.8) is 0 Å². The second kappa shape index (κ2) is 6.44. The Labute approximate surface area is 134 Å². The Kier molecular flexibility index (Phi) is 4.19. The van der Waals surface area contributed by atoms with Gasteiger partial charge in [-0.25, -0.2) is 0 Å². The third-order valence-electron chi connectivity index (χ3n) is 3.55. The van der Waals surface area contributed by atoms with Gasteiger partial charge in [0.05, 0.1) is 11.3 Å². The van der Waals surface area contributed by atoms with Crippen LogP contribution in [0, 0.1) is 13.8 Å². The van der Waals surface area contributed by atoms with Crippen molar-refractivity contribution in [1.29, 1.82) is 0 Å². The van der Waals surface area contributed by atoms with Gasteiger partial charge < -0.3 is 9.73 Å². The van der Waals surface area contributed by atoms with E-state index in [-0.39, 0.29) is 5.91 Å². The van der Waals surface area contributed by atoms with Crippen molar-refractivity contribution < 1.29 is 9.21 Å². The molecule has 0 aliphatic rings. The lowest BCUT2D eigenvalue weighted by molar-refractivity contribution is 0.0949. The van der Waals surface area contributed by atoms with Crippen LogP contribution in [0.2, 0.25) is 0 Å². The number of hydrogen-bond donors (Lipinski definition) is 1. The minimum absolute atomic E-state index is 0.152. The van der Waals surface area contributed by atoms with Gasteiger partial charge in [0.1, 0.15) is 11.5 Å². The van der Waals surface area contributed by atoms with E-state index in [0.29, 0.717) is 17.9 Å². The molecule has 0 saturated carbocycles. The molecule has 0 aliphatic carbocycles. The molecule has 0 fully saturated rings. The maximum absolute atomic E-state index is 12.3. The van der Waals surface area contributed by atoms with Crippen LogP contribution in [0.3, 0.4) is 0 Å². The Hall–Kier alpha value is -2.95. The number of nitrogens with zero attached hydrogens (tertiary/aromatic N) is 2. The molecular formula is C18H17N3O2. The van der Waals surface area contributed by atoms with Crippen molar-refractivity contribution in [2.75, 3.05) is 0 Å². The maximum Gasteiger partial charge on any atom is 0.255 e. The average molecular weight is 307 g/mol. The highest BCUT2D eigenvalue weighted by molar-refractivity contribution is 5.95. The van der Waals surface area contributed by atoms with Crippen molar-refractivity contribution in [3.05, 3.63) is 71.6 Å². The molecule has 5 nitrogen and oxygen atoms in total. The Morgan fingerprint density at radius 3 is 2.74 bits per heavy atom. The predicted octanol–water partition coefficient (Wildman–Crippen LogP) is 3.28. The van der Waals surface area contributed by atoms with E-state index < -0.39 is 0 Å². The Morgan fingerprint density at radius 2 is 2.04 bits per heavy atom. The summed E-state index contributed by atoms with van der Waals surface area (Å²) in [5, 5.41) is 2.92. The summed E-state index contributed by atoms with van der Waals surface area (Å²) in [4.78, 5) is 20.8. The van der Waals surface area contributed by atoms with Crippen LogP contribution in [0.1, 0.15) is 27.4 Å². The number of furan rings is 1. The van der Waals surface area contributed by atoms with E-state index in [1.807, 2.05) is 31.2 Å². The van der Waals surface area contributed by atoms with Crippen LogP contribution in [0.4, 0.5) is 0 Å². The first-order valence-corrected chi connectivity index (χ1v) is 7.34. The molecule has 3 heterocycles. The largest absolute Gasteiger partial charge is 0.466 e. The van der Waals surface area contributed by atoms with Gasteiger partial charge in [-0.1, -0.05) is 6.07 Å². The van der Waals surface area contributed by atoms with E-state index in [0.717, 1.165) is 22.6 Å². The van der Waals surface area contributed by atoms with Crippen molar-refractivity contribution in [2.24, 2.45) is 0 Å². The van der Waals surface area contributed by atoms with Gasteiger partial charge in [-0.3, -0.25) is 14.8 Å². The Balaban J connectivity index is 1.79. The predicted molar refractivity (Wildman–Crippen MR) is 86.8 cm³/mol. The van der Waals surface area contributed by atoms with Crippen molar-refractivity contribution in [1.82, 2.24) is 15.3 Å². The Bertz CT molecular complexity index is 825. The fourth-order valence-electron chi connectivity index (χ4n) is 2.47. The molecule has 1 N–H and O–H groups in total. The van der Waals surface area contributed by atoms with Gasteiger partial charge in [0.15, 0.2) is 0 Å². The van der Waals surface area contributed by atoms with Crippen LogP contribution in [-0.4, -0.2) is 15.9 Å². The number of rotatable bonds is 4. The summed E-state index contributed by atoms with van der Waals surface area (Å²) < 4.78 is 5.40. The van der Waals surface area contributed by atoms with Gasteiger partial charge in [0, 0.05) is 30.7 Å². The number of pyridine rings is 2. The molecule has 23 heavy (non-hydrogen) atoms. The van der Waals surface area contributed by atoms with Gasteiger partial charge >= 0.3 is 0 Å². The van der Waals surface area contributed by atoms with Gasteiger partial charge in [0.25, 0.3) is 5.91 Å². The summed E-state index contributed by atoms with van der Waals surface area (Å²) in [6.45, 7) is 4.00. The molecule has 3 aromatic rings. The number of hydrogen-bond acceptors (Lipinski definition) is 4. The van der Waals surface area contributed by atoms with E-state index in [9.17, 15) is 4.79 Å². The average Bonchev–Trinajstić information content (AvgIpc) is 2.92. The van der Waals surface area contributed by atoms with Gasteiger partial charge in [-0.2, -0.15) is 0 Å². The molecule has 5 heteroatoms. The van der Waals surface area contributed by atoms with Crippen LogP contribution in [0.25, 0.3) is 11.3 Å². The van der Waals surface area contributed by atoms with Crippen LogP contribution < -0.4 is 5.32 Å². The summed E-state index contributed by atoms with van der Waals surface area (Å²) in [6.07, 6.45) is 5.21. The highest BCUT2D eigenvalue weighted by Gasteiger charge is 2.14.